The zero-order chi connectivity index (χ0) is 23.8. The van der Waals surface area contributed by atoms with Crippen LogP contribution in [0.3, 0.4) is 0 Å². The van der Waals surface area contributed by atoms with E-state index in [0.29, 0.717) is 11.3 Å². The lowest BCUT2D eigenvalue weighted by atomic mass is 10.0. The molecule has 1 unspecified atom stereocenters. The van der Waals surface area contributed by atoms with E-state index >= 15 is 0 Å². The van der Waals surface area contributed by atoms with E-state index in [1.54, 1.807) is 24.3 Å². The second kappa shape index (κ2) is 11.1. The Hall–Kier alpha value is -3.52. The lowest BCUT2D eigenvalue weighted by molar-refractivity contribution is -0.0154. The maximum absolute atomic E-state index is 13.0. The number of ketones is 1. The predicted octanol–water partition coefficient (Wildman–Crippen LogP) is 4.58. The van der Waals surface area contributed by atoms with Gasteiger partial charge in [-0.25, -0.2) is 5.10 Å². The first-order valence-corrected chi connectivity index (χ1v) is 11.9. The minimum Gasteiger partial charge on any atom is -0.483 e. The molecule has 0 amide bonds. The zero-order valence-electron chi connectivity index (χ0n) is 19.5. The number of nitrogens with zero attached hydrogens (tertiary/aromatic N) is 3. The summed E-state index contributed by atoms with van der Waals surface area (Å²) in [4.78, 5) is 13.0. The molecule has 3 N–H and O–H groups in total. The van der Waals surface area contributed by atoms with E-state index in [0.717, 1.165) is 12.0 Å². The molecule has 1 atom stereocenters. The van der Waals surface area contributed by atoms with E-state index in [1.807, 2.05) is 12.1 Å². The van der Waals surface area contributed by atoms with Crippen LogP contribution in [-0.2, 0) is 12.1 Å². The molecule has 0 fully saturated rings. The smallest absolute Gasteiger partial charge is 0.254 e. The number of unbranched alkanes of at least 4 members (excludes halogenated alkanes) is 5. The minimum absolute atomic E-state index is 0.00937. The summed E-state index contributed by atoms with van der Waals surface area (Å²) in [7, 11) is 0. The van der Waals surface area contributed by atoms with Gasteiger partial charge in [0.1, 0.15) is 6.61 Å². The second-order valence-corrected chi connectivity index (χ2v) is 8.62. The Bertz CT molecular complexity index is 1110. The molecule has 2 heterocycles. The van der Waals surface area contributed by atoms with Gasteiger partial charge in [-0.3, -0.25) is 10.5 Å². The van der Waals surface area contributed by atoms with Crippen molar-refractivity contribution >= 4 is 11.9 Å². The Morgan fingerprint density at radius 3 is 2.68 bits per heavy atom. The van der Waals surface area contributed by atoms with Crippen LogP contribution >= 0.6 is 0 Å². The van der Waals surface area contributed by atoms with Crippen LogP contribution in [0.2, 0.25) is 0 Å². The maximum atomic E-state index is 13.0. The molecule has 1 aromatic heterocycles. The Morgan fingerprint density at radius 1 is 1.12 bits per heavy atom. The number of ether oxygens (including phenoxy) is 2. The molecule has 0 spiro atoms. The van der Waals surface area contributed by atoms with Crippen LogP contribution in [0.1, 0.15) is 72.8 Å². The number of fused-ring (bicyclic) bond motifs is 1. The number of nitrogens with two attached hydrogens (primary N) is 1. The number of hydrogen-bond donors (Lipinski definition) is 2. The number of rotatable bonds is 11. The third-order valence-corrected chi connectivity index (χ3v) is 5.94. The summed E-state index contributed by atoms with van der Waals surface area (Å²) in [6.07, 6.45) is 12.2. The van der Waals surface area contributed by atoms with Crippen LogP contribution in [0, 0.1) is 0 Å². The summed E-state index contributed by atoms with van der Waals surface area (Å²) >= 11 is 0. The van der Waals surface area contributed by atoms with Gasteiger partial charge in [0.15, 0.2) is 17.3 Å². The van der Waals surface area contributed by atoms with Crippen molar-refractivity contribution in [2.75, 3.05) is 6.61 Å². The highest BCUT2D eigenvalue weighted by Gasteiger charge is 2.40. The molecule has 2 aromatic carbocycles. The average molecular weight is 462 g/mol. The van der Waals surface area contributed by atoms with E-state index in [-0.39, 0.29) is 24.0 Å². The number of benzene rings is 2. The molecule has 34 heavy (non-hydrogen) atoms. The third kappa shape index (κ3) is 5.69. The lowest BCUT2D eigenvalue weighted by Gasteiger charge is -2.33. The van der Waals surface area contributed by atoms with Gasteiger partial charge >= 0.3 is 0 Å². The van der Waals surface area contributed by atoms with Crippen LogP contribution in [0.25, 0.3) is 6.08 Å². The summed E-state index contributed by atoms with van der Waals surface area (Å²) < 4.78 is 11.7. The third-order valence-electron chi connectivity index (χ3n) is 5.94. The normalized spacial score (nSPS) is 17.2. The quantitative estimate of drug-likeness (QED) is 0.244. The number of aryl methyl sites for hydroxylation is 1. The van der Waals surface area contributed by atoms with Crippen molar-refractivity contribution < 1.29 is 14.3 Å². The summed E-state index contributed by atoms with van der Waals surface area (Å²) in [6, 6.07) is 13.5. The van der Waals surface area contributed by atoms with Crippen LogP contribution in [0.15, 0.2) is 48.5 Å². The molecular formula is C26H31N5O3. The Morgan fingerprint density at radius 2 is 1.91 bits per heavy atom. The highest BCUT2D eigenvalue weighted by atomic mass is 16.6. The number of aromatic amines is 1. The molecular weight excluding hydrogens is 430 g/mol. The standard InChI is InChI=1S/C26H31N5O3/c1-2-3-4-5-6-7-9-19-12-14-20(15-13-19)16-17-22(32)21-10-8-11-23-24(21)34-26(27,18-33-23)25-28-30-31-29-25/h8,10-17H,2-7,9,18,27H2,1H3,(H,28,29,30,31). The molecule has 1 aliphatic rings. The fraction of sp³-hybridized carbons (Fsp3) is 0.385. The van der Waals surface area contributed by atoms with Crippen LogP contribution in [-0.4, -0.2) is 33.0 Å². The topological polar surface area (TPSA) is 116 Å². The lowest BCUT2D eigenvalue weighted by Crippen LogP contribution is -2.51. The van der Waals surface area contributed by atoms with E-state index in [4.69, 9.17) is 15.2 Å². The SMILES string of the molecule is CCCCCCCCc1ccc(C=CC(=O)c2cccc3c2OC(N)(c2nnn[nH]2)CO3)cc1. The number of H-pyrrole nitrogens is 1. The van der Waals surface area contributed by atoms with Gasteiger partial charge in [0, 0.05) is 0 Å². The number of hydrogen-bond acceptors (Lipinski definition) is 7. The van der Waals surface area contributed by atoms with Gasteiger partial charge in [-0.05, 0) is 52.6 Å². The highest BCUT2D eigenvalue weighted by molar-refractivity contribution is 6.09. The Labute approximate surface area is 199 Å². The number of carbonyl (C=O) groups excluding carboxylic acids is 1. The first-order chi connectivity index (χ1) is 16.6. The number of nitrogens with one attached hydrogen (secondary N) is 1. The first-order valence-electron chi connectivity index (χ1n) is 11.9. The van der Waals surface area contributed by atoms with Crippen molar-refractivity contribution in [3.63, 3.8) is 0 Å². The highest BCUT2D eigenvalue weighted by Crippen LogP contribution is 2.39. The maximum Gasteiger partial charge on any atom is 0.254 e. The van der Waals surface area contributed by atoms with Crippen LogP contribution in [0.4, 0.5) is 0 Å². The summed E-state index contributed by atoms with van der Waals surface area (Å²) in [6.45, 7) is 2.25. The summed E-state index contributed by atoms with van der Waals surface area (Å²) in [5, 5.41) is 13.5. The fourth-order valence-electron chi connectivity index (χ4n) is 3.95. The molecule has 178 valence electrons. The molecule has 8 nitrogen and oxygen atoms in total. The van der Waals surface area contributed by atoms with Crippen molar-refractivity contribution in [2.24, 2.45) is 5.73 Å². The summed E-state index contributed by atoms with van der Waals surface area (Å²) in [5.74, 6) is 0.733. The molecule has 8 heteroatoms. The number of carbonyl (C=O) groups is 1. The van der Waals surface area contributed by atoms with E-state index in [2.05, 4.69) is 39.7 Å². The van der Waals surface area contributed by atoms with Gasteiger partial charge in [0.2, 0.25) is 5.82 Å². The van der Waals surface area contributed by atoms with Gasteiger partial charge < -0.3 is 9.47 Å². The van der Waals surface area contributed by atoms with Crippen molar-refractivity contribution in [1.82, 2.24) is 20.6 Å². The first kappa shape index (κ1) is 23.6. The van der Waals surface area contributed by atoms with Crippen molar-refractivity contribution in [3.05, 3.63) is 71.1 Å². The van der Waals surface area contributed by atoms with Crippen LogP contribution < -0.4 is 15.2 Å². The average Bonchev–Trinajstić information content (AvgIpc) is 3.41. The molecule has 0 saturated heterocycles. The summed E-state index contributed by atoms with van der Waals surface area (Å²) in [5.41, 5.74) is 7.53. The Balaban J connectivity index is 1.39. The molecule has 0 radical (unpaired) electrons. The molecule has 1 aliphatic heterocycles. The van der Waals surface area contributed by atoms with Crippen LogP contribution in [0.5, 0.6) is 11.5 Å². The zero-order valence-corrected chi connectivity index (χ0v) is 19.5. The Kier molecular flexibility index (Phi) is 7.69. The molecule has 0 aliphatic carbocycles. The number of allylic oxidation sites excluding steroid dienone is 1. The number of para-hydroxylation sites is 1. The predicted molar refractivity (Wildman–Crippen MR) is 129 cm³/mol. The van der Waals surface area contributed by atoms with Gasteiger partial charge in [0.25, 0.3) is 5.72 Å². The van der Waals surface area contributed by atoms with Crippen molar-refractivity contribution in [2.45, 2.75) is 57.6 Å². The molecule has 4 rings (SSSR count). The van der Waals surface area contributed by atoms with Gasteiger partial charge in [0.05, 0.1) is 5.56 Å². The van der Waals surface area contributed by atoms with E-state index in [9.17, 15) is 4.79 Å². The van der Waals surface area contributed by atoms with Gasteiger partial charge in [-0.15, -0.1) is 5.10 Å². The molecule has 0 bridgehead atoms. The van der Waals surface area contributed by atoms with Gasteiger partial charge in [-0.1, -0.05) is 75.4 Å². The second-order valence-electron chi connectivity index (χ2n) is 8.62. The minimum atomic E-state index is -1.41. The monoisotopic (exact) mass is 461 g/mol. The largest absolute Gasteiger partial charge is 0.483 e. The number of tetrazole rings is 1. The van der Waals surface area contributed by atoms with E-state index < -0.39 is 5.72 Å². The van der Waals surface area contributed by atoms with Crippen molar-refractivity contribution in [3.8, 4) is 11.5 Å². The fourth-order valence-corrected chi connectivity index (χ4v) is 3.95. The van der Waals surface area contributed by atoms with Crippen molar-refractivity contribution in [1.29, 1.82) is 0 Å². The molecule has 0 saturated carbocycles. The van der Waals surface area contributed by atoms with Gasteiger partial charge in [-0.2, -0.15) is 0 Å². The van der Waals surface area contributed by atoms with E-state index in [1.165, 1.54) is 50.2 Å². The molecule has 3 aromatic rings. The number of aromatic nitrogens is 4.